The lowest BCUT2D eigenvalue weighted by atomic mass is 10.0. The summed E-state index contributed by atoms with van der Waals surface area (Å²) >= 11 is 8.02. The Labute approximate surface area is 197 Å². The molecule has 0 atom stereocenters. The molecule has 166 valence electrons. The molecule has 4 aromatic rings. The third kappa shape index (κ3) is 4.07. The Bertz CT molecular complexity index is 1280. The molecule has 0 aliphatic carbocycles. The van der Waals surface area contributed by atoms with Crippen LogP contribution in [0, 0.1) is 0 Å². The Kier molecular flexibility index (Phi) is 6.97. The van der Waals surface area contributed by atoms with Gasteiger partial charge in [0.05, 0.1) is 29.3 Å². The molecule has 0 radical (unpaired) electrons. The largest absolute Gasteiger partial charge is 0.493 e. The molecule has 1 aromatic heterocycles. The van der Waals surface area contributed by atoms with Crippen molar-refractivity contribution in [1.29, 1.82) is 0 Å². The molecule has 32 heavy (non-hydrogen) atoms. The second-order valence-electron chi connectivity index (χ2n) is 7.25. The zero-order valence-corrected chi connectivity index (χ0v) is 20.1. The summed E-state index contributed by atoms with van der Waals surface area (Å²) in [4.78, 5) is 14.2. The summed E-state index contributed by atoms with van der Waals surface area (Å²) in [5.41, 5.74) is 2.57. The van der Waals surface area contributed by atoms with Crippen LogP contribution in [0.2, 0.25) is 5.02 Å². The number of benzene rings is 3. The van der Waals surface area contributed by atoms with E-state index in [2.05, 4.69) is 23.6 Å². The van der Waals surface area contributed by atoms with Crippen LogP contribution in [0.3, 0.4) is 0 Å². The van der Waals surface area contributed by atoms with E-state index in [1.165, 1.54) is 0 Å². The van der Waals surface area contributed by atoms with Crippen LogP contribution in [0.1, 0.15) is 36.8 Å². The number of hydrogen-bond donors (Lipinski definition) is 0. The van der Waals surface area contributed by atoms with E-state index in [0.717, 1.165) is 44.6 Å². The number of aryl methyl sites for hydroxylation is 1. The number of carbonyl (C=O) groups excluding carboxylic acids is 1. The maximum Gasteiger partial charge on any atom is 0.340 e. The molecule has 4 nitrogen and oxygen atoms in total. The van der Waals surface area contributed by atoms with Crippen LogP contribution in [0.5, 0.6) is 5.75 Å². The Morgan fingerprint density at radius 2 is 1.69 bits per heavy atom. The summed E-state index contributed by atoms with van der Waals surface area (Å²) in [5, 5.41) is 3.67. The van der Waals surface area contributed by atoms with Crippen LogP contribution < -0.4 is 4.74 Å². The molecule has 0 amide bonds. The monoisotopic (exact) mass is 467 g/mol. The molecule has 4 rings (SSSR count). The van der Waals surface area contributed by atoms with Crippen LogP contribution in [-0.4, -0.2) is 23.8 Å². The summed E-state index contributed by atoms with van der Waals surface area (Å²) < 4.78 is 13.7. The van der Waals surface area contributed by atoms with Crippen molar-refractivity contribution in [2.45, 2.75) is 38.0 Å². The molecule has 0 saturated heterocycles. The standard InChI is InChI=1S/C26H26ClNO3S/c1-4-28-21(16-32-23-14-10-9-13-20(23)27)24(26(29)31-6-3)19-15-22(30-5-2)17-11-7-8-12-18(17)25(19)28/h7-15H,4-6,16H2,1-3H3. The molecule has 0 bridgehead atoms. The number of carbonyl (C=O) groups is 1. The second kappa shape index (κ2) is 9.88. The fourth-order valence-electron chi connectivity index (χ4n) is 4.15. The Morgan fingerprint density at radius 1 is 0.969 bits per heavy atom. The fraction of sp³-hybridized carbons (Fsp3) is 0.269. The van der Waals surface area contributed by atoms with Gasteiger partial charge in [0.25, 0.3) is 0 Å². The van der Waals surface area contributed by atoms with Crippen LogP contribution >= 0.6 is 23.4 Å². The maximum absolute atomic E-state index is 13.2. The molecule has 3 aromatic carbocycles. The molecule has 0 unspecified atom stereocenters. The zero-order chi connectivity index (χ0) is 22.7. The molecule has 0 aliphatic rings. The predicted octanol–water partition coefficient (Wildman–Crippen LogP) is 7.34. The lowest BCUT2D eigenvalue weighted by molar-refractivity contribution is 0.0527. The average Bonchev–Trinajstić information content (AvgIpc) is 3.12. The number of hydrogen-bond acceptors (Lipinski definition) is 4. The molecule has 0 saturated carbocycles. The van der Waals surface area contributed by atoms with Crippen molar-refractivity contribution >= 4 is 51.0 Å². The predicted molar refractivity (Wildman–Crippen MR) is 133 cm³/mol. The maximum atomic E-state index is 13.2. The number of esters is 1. The van der Waals surface area contributed by atoms with E-state index >= 15 is 0 Å². The summed E-state index contributed by atoms with van der Waals surface area (Å²) in [7, 11) is 0. The number of halogens is 1. The summed E-state index contributed by atoms with van der Waals surface area (Å²) in [6.07, 6.45) is 0. The van der Waals surface area contributed by atoms with Gasteiger partial charge in [0.2, 0.25) is 0 Å². The molecule has 0 N–H and O–H groups in total. The van der Waals surface area contributed by atoms with E-state index < -0.39 is 0 Å². The van der Waals surface area contributed by atoms with Crippen LogP contribution in [0.4, 0.5) is 0 Å². The average molecular weight is 468 g/mol. The first-order valence-electron chi connectivity index (χ1n) is 10.8. The third-order valence-corrected chi connectivity index (χ3v) is 6.95. The first kappa shape index (κ1) is 22.6. The van der Waals surface area contributed by atoms with Gasteiger partial charge in [-0.05, 0) is 39.0 Å². The van der Waals surface area contributed by atoms with E-state index in [4.69, 9.17) is 21.1 Å². The molecular weight excluding hydrogens is 442 g/mol. The Balaban J connectivity index is 1.98. The third-order valence-electron chi connectivity index (χ3n) is 5.43. The Morgan fingerprint density at radius 3 is 2.38 bits per heavy atom. The van der Waals surface area contributed by atoms with E-state index in [1.807, 2.05) is 56.3 Å². The number of rotatable bonds is 8. The van der Waals surface area contributed by atoms with Gasteiger partial charge in [-0.3, -0.25) is 0 Å². The second-order valence-corrected chi connectivity index (χ2v) is 8.68. The van der Waals surface area contributed by atoms with Crippen molar-refractivity contribution in [1.82, 2.24) is 4.57 Å². The van der Waals surface area contributed by atoms with Crippen molar-refractivity contribution in [3.8, 4) is 5.75 Å². The minimum atomic E-state index is -0.308. The van der Waals surface area contributed by atoms with Crippen molar-refractivity contribution in [2.24, 2.45) is 0 Å². The summed E-state index contributed by atoms with van der Waals surface area (Å²) in [6.45, 7) is 7.49. The van der Waals surface area contributed by atoms with Gasteiger partial charge in [-0.15, -0.1) is 11.8 Å². The summed E-state index contributed by atoms with van der Waals surface area (Å²) in [5.74, 6) is 1.07. The molecule has 6 heteroatoms. The molecule has 0 aliphatic heterocycles. The highest BCUT2D eigenvalue weighted by atomic mass is 35.5. The Hall–Kier alpha value is -2.63. The lowest BCUT2D eigenvalue weighted by Gasteiger charge is -2.12. The van der Waals surface area contributed by atoms with Gasteiger partial charge < -0.3 is 14.0 Å². The number of aromatic nitrogens is 1. The van der Waals surface area contributed by atoms with Gasteiger partial charge >= 0.3 is 5.97 Å². The molecule has 0 fully saturated rings. The molecule has 1 heterocycles. The van der Waals surface area contributed by atoms with Crippen molar-refractivity contribution in [3.05, 3.63) is 70.9 Å². The quantitative estimate of drug-likeness (QED) is 0.201. The SMILES string of the molecule is CCOC(=O)c1c(CSc2ccccc2Cl)n(CC)c2c1cc(OCC)c1ccccc12. The minimum Gasteiger partial charge on any atom is -0.493 e. The highest BCUT2D eigenvalue weighted by molar-refractivity contribution is 7.98. The van der Waals surface area contributed by atoms with Gasteiger partial charge in [-0.1, -0.05) is 48.0 Å². The smallest absolute Gasteiger partial charge is 0.340 e. The minimum absolute atomic E-state index is 0.308. The van der Waals surface area contributed by atoms with Crippen LogP contribution in [0.15, 0.2) is 59.5 Å². The highest BCUT2D eigenvalue weighted by Crippen LogP contribution is 2.40. The van der Waals surface area contributed by atoms with Crippen molar-refractivity contribution < 1.29 is 14.3 Å². The number of thioether (sulfide) groups is 1. The van der Waals surface area contributed by atoms with Gasteiger partial charge in [-0.2, -0.15) is 0 Å². The fourth-order valence-corrected chi connectivity index (χ4v) is 5.42. The first-order chi connectivity index (χ1) is 15.6. The summed E-state index contributed by atoms with van der Waals surface area (Å²) in [6, 6.07) is 17.9. The number of fused-ring (bicyclic) bond motifs is 3. The van der Waals surface area contributed by atoms with Gasteiger partial charge in [0.1, 0.15) is 5.75 Å². The van der Waals surface area contributed by atoms with Crippen molar-refractivity contribution in [2.75, 3.05) is 13.2 Å². The van der Waals surface area contributed by atoms with Crippen LogP contribution in [-0.2, 0) is 17.0 Å². The zero-order valence-electron chi connectivity index (χ0n) is 18.5. The first-order valence-corrected chi connectivity index (χ1v) is 12.2. The number of nitrogens with zero attached hydrogens (tertiary/aromatic N) is 1. The highest BCUT2D eigenvalue weighted by Gasteiger charge is 2.26. The van der Waals surface area contributed by atoms with Gasteiger partial charge in [0, 0.05) is 39.0 Å². The normalized spacial score (nSPS) is 11.2. The molecular formula is C26H26ClNO3S. The van der Waals surface area contributed by atoms with E-state index in [0.29, 0.717) is 29.6 Å². The van der Waals surface area contributed by atoms with Crippen LogP contribution in [0.25, 0.3) is 21.7 Å². The van der Waals surface area contributed by atoms with E-state index in [9.17, 15) is 4.79 Å². The van der Waals surface area contributed by atoms with E-state index in [1.54, 1.807) is 11.8 Å². The molecule has 0 spiro atoms. The van der Waals surface area contributed by atoms with Gasteiger partial charge in [-0.25, -0.2) is 4.79 Å². The topological polar surface area (TPSA) is 40.5 Å². The lowest BCUT2D eigenvalue weighted by Crippen LogP contribution is -2.09. The van der Waals surface area contributed by atoms with E-state index in [-0.39, 0.29) is 5.97 Å². The number of ether oxygens (including phenoxy) is 2. The van der Waals surface area contributed by atoms with Gasteiger partial charge in [0.15, 0.2) is 0 Å². The van der Waals surface area contributed by atoms with Crippen molar-refractivity contribution in [3.63, 3.8) is 0 Å².